The highest BCUT2D eigenvalue weighted by molar-refractivity contribution is 5.79. The fourth-order valence-electron chi connectivity index (χ4n) is 2.03. The predicted octanol–water partition coefficient (Wildman–Crippen LogP) is 1.57. The highest BCUT2D eigenvalue weighted by Gasteiger charge is 1.99. The molecule has 0 fully saturated rings. The van der Waals surface area contributed by atoms with Gasteiger partial charge in [-0.3, -0.25) is 9.67 Å². The topological polar surface area (TPSA) is 63.5 Å². The smallest absolute Gasteiger partial charge is 0.191 e. The third-order valence-electron chi connectivity index (χ3n) is 3.24. The van der Waals surface area contributed by atoms with E-state index in [0.717, 1.165) is 24.8 Å². The number of hydrogen-bond acceptors (Lipinski definition) is 3. The van der Waals surface area contributed by atoms with Gasteiger partial charge in [0.15, 0.2) is 5.96 Å². The quantitative estimate of drug-likeness (QED) is 0.628. The van der Waals surface area contributed by atoms with Gasteiger partial charge < -0.3 is 15.4 Å². The second kappa shape index (κ2) is 8.07. The van der Waals surface area contributed by atoms with E-state index in [0.29, 0.717) is 6.54 Å². The van der Waals surface area contributed by atoms with Crippen LogP contribution in [-0.4, -0.2) is 36.4 Å². The van der Waals surface area contributed by atoms with Crippen molar-refractivity contribution in [2.24, 2.45) is 4.99 Å². The Morgan fingerprint density at radius 2 is 2.05 bits per heavy atom. The molecule has 0 saturated heterocycles. The molecular weight excluding hydrogens is 278 g/mol. The molecule has 0 unspecified atom stereocenters. The summed E-state index contributed by atoms with van der Waals surface area (Å²) < 4.78 is 7.06. The molecule has 1 aromatic carbocycles. The van der Waals surface area contributed by atoms with Crippen LogP contribution in [-0.2, 0) is 13.1 Å². The molecule has 6 nitrogen and oxygen atoms in total. The number of rotatable bonds is 6. The Hall–Kier alpha value is -2.50. The van der Waals surface area contributed by atoms with Gasteiger partial charge in [-0.1, -0.05) is 12.1 Å². The number of aryl methyl sites for hydroxylation is 1. The minimum absolute atomic E-state index is 0.713. The van der Waals surface area contributed by atoms with Gasteiger partial charge in [0, 0.05) is 26.3 Å². The van der Waals surface area contributed by atoms with Crippen molar-refractivity contribution < 1.29 is 4.74 Å². The van der Waals surface area contributed by atoms with Crippen LogP contribution < -0.4 is 15.4 Å². The zero-order valence-electron chi connectivity index (χ0n) is 13.3. The lowest BCUT2D eigenvalue weighted by molar-refractivity contribution is 0.414. The molecular formula is C16H23N5O. The third-order valence-corrected chi connectivity index (χ3v) is 3.24. The molecule has 0 radical (unpaired) electrons. The van der Waals surface area contributed by atoms with E-state index in [1.54, 1.807) is 14.2 Å². The molecule has 118 valence electrons. The maximum absolute atomic E-state index is 5.15. The molecule has 22 heavy (non-hydrogen) atoms. The van der Waals surface area contributed by atoms with E-state index in [1.165, 1.54) is 11.1 Å². The van der Waals surface area contributed by atoms with E-state index in [2.05, 4.69) is 20.7 Å². The SMILES string of the molecule is CN=C(NCCn1cc(C)cn1)NCc1ccc(OC)cc1. The van der Waals surface area contributed by atoms with Gasteiger partial charge in [0.25, 0.3) is 0 Å². The first-order chi connectivity index (χ1) is 10.7. The first-order valence-electron chi connectivity index (χ1n) is 7.28. The normalized spacial score (nSPS) is 11.3. The van der Waals surface area contributed by atoms with Crippen molar-refractivity contribution in [3.05, 3.63) is 47.8 Å². The van der Waals surface area contributed by atoms with Crippen LogP contribution >= 0.6 is 0 Å². The monoisotopic (exact) mass is 301 g/mol. The summed E-state index contributed by atoms with van der Waals surface area (Å²) in [6, 6.07) is 7.97. The number of methoxy groups -OCH3 is 1. The number of hydrogen-bond donors (Lipinski definition) is 2. The van der Waals surface area contributed by atoms with Crippen LogP contribution in [0.1, 0.15) is 11.1 Å². The van der Waals surface area contributed by atoms with Gasteiger partial charge in [0.2, 0.25) is 0 Å². The largest absolute Gasteiger partial charge is 0.497 e. The molecule has 6 heteroatoms. The lowest BCUT2D eigenvalue weighted by Gasteiger charge is -2.12. The molecule has 0 atom stereocenters. The highest BCUT2D eigenvalue weighted by Crippen LogP contribution is 2.10. The van der Waals surface area contributed by atoms with Crippen molar-refractivity contribution in [1.29, 1.82) is 0 Å². The molecule has 0 bridgehead atoms. The van der Waals surface area contributed by atoms with Crippen LogP contribution in [0.5, 0.6) is 5.75 Å². The van der Waals surface area contributed by atoms with Gasteiger partial charge in [-0.2, -0.15) is 5.10 Å². The summed E-state index contributed by atoms with van der Waals surface area (Å²) in [4.78, 5) is 4.21. The van der Waals surface area contributed by atoms with E-state index in [-0.39, 0.29) is 0 Å². The number of benzene rings is 1. The second-order valence-electron chi connectivity index (χ2n) is 4.98. The summed E-state index contributed by atoms with van der Waals surface area (Å²) in [5, 5.41) is 10.8. The van der Waals surface area contributed by atoms with Crippen molar-refractivity contribution in [1.82, 2.24) is 20.4 Å². The first kappa shape index (κ1) is 15.9. The summed E-state index contributed by atoms with van der Waals surface area (Å²) in [5.74, 6) is 1.64. The summed E-state index contributed by atoms with van der Waals surface area (Å²) in [5.41, 5.74) is 2.34. The van der Waals surface area contributed by atoms with Gasteiger partial charge >= 0.3 is 0 Å². The van der Waals surface area contributed by atoms with Crippen LogP contribution in [0.4, 0.5) is 0 Å². The Balaban J connectivity index is 1.74. The maximum Gasteiger partial charge on any atom is 0.191 e. The molecule has 2 rings (SSSR count). The zero-order chi connectivity index (χ0) is 15.8. The molecule has 0 saturated carbocycles. The van der Waals surface area contributed by atoms with Crippen LogP contribution in [0.15, 0.2) is 41.7 Å². The van der Waals surface area contributed by atoms with Gasteiger partial charge in [-0.05, 0) is 30.2 Å². The molecule has 0 aliphatic heterocycles. The number of nitrogens with zero attached hydrogens (tertiary/aromatic N) is 3. The summed E-state index contributed by atoms with van der Waals surface area (Å²) in [7, 11) is 3.43. The number of nitrogens with one attached hydrogen (secondary N) is 2. The Morgan fingerprint density at radius 3 is 2.64 bits per heavy atom. The Kier molecular flexibility index (Phi) is 5.82. The van der Waals surface area contributed by atoms with Gasteiger partial charge in [0.05, 0.1) is 19.9 Å². The number of aliphatic imine (C=N–C) groups is 1. The van der Waals surface area contributed by atoms with Crippen LogP contribution in [0.25, 0.3) is 0 Å². The predicted molar refractivity (Wildman–Crippen MR) is 88.2 cm³/mol. The lowest BCUT2D eigenvalue weighted by atomic mass is 10.2. The minimum atomic E-state index is 0.713. The summed E-state index contributed by atoms with van der Waals surface area (Å²) >= 11 is 0. The molecule has 1 aromatic heterocycles. The van der Waals surface area contributed by atoms with E-state index in [9.17, 15) is 0 Å². The minimum Gasteiger partial charge on any atom is -0.497 e. The van der Waals surface area contributed by atoms with E-state index in [4.69, 9.17) is 4.74 Å². The van der Waals surface area contributed by atoms with Crippen molar-refractivity contribution in [2.75, 3.05) is 20.7 Å². The van der Waals surface area contributed by atoms with Gasteiger partial charge in [0.1, 0.15) is 5.75 Å². The summed E-state index contributed by atoms with van der Waals surface area (Å²) in [6.45, 7) is 4.32. The fourth-order valence-corrected chi connectivity index (χ4v) is 2.03. The third kappa shape index (κ3) is 4.80. The van der Waals surface area contributed by atoms with Crippen molar-refractivity contribution in [3.8, 4) is 5.75 Å². The van der Waals surface area contributed by atoms with E-state index < -0.39 is 0 Å². The van der Waals surface area contributed by atoms with Crippen LogP contribution in [0.2, 0.25) is 0 Å². The van der Waals surface area contributed by atoms with Crippen molar-refractivity contribution in [2.45, 2.75) is 20.0 Å². The first-order valence-corrected chi connectivity index (χ1v) is 7.28. The average Bonchev–Trinajstić information content (AvgIpc) is 2.96. The molecule has 0 amide bonds. The van der Waals surface area contributed by atoms with Crippen LogP contribution in [0.3, 0.4) is 0 Å². The summed E-state index contributed by atoms with van der Waals surface area (Å²) in [6.07, 6.45) is 3.88. The Labute approximate surface area is 131 Å². The second-order valence-corrected chi connectivity index (χ2v) is 4.98. The average molecular weight is 301 g/mol. The van der Waals surface area contributed by atoms with Crippen LogP contribution in [0, 0.1) is 6.92 Å². The molecule has 2 N–H and O–H groups in total. The van der Waals surface area contributed by atoms with E-state index in [1.807, 2.05) is 48.3 Å². The highest BCUT2D eigenvalue weighted by atomic mass is 16.5. The number of aromatic nitrogens is 2. The maximum atomic E-state index is 5.15. The molecule has 0 aliphatic rings. The van der Waals surface area contributed by atoms with Crippen molar-refractivity contribution in [3.63, 3.8) is 0 Å². The molecule has 0 aliphatic carbocycles. The lowest BCUT2D eigenvalue weighted by Crippen LogP contribution is -2.38. The number of guanidine groups is 1. The Bertz CT molecular complexity index is 603. The number of ether oxygens (including phenoxy) is 1. The van der Waals surface area contributed by atoms with Gasteiger partial charge in [-0.25, -0.2) is 0 Å². The van der Waals surface area contributed by atoms with E-state index >= 15 is 0 Å². The Morgan fingerprint density at radius 1 is 1.27 bits per heavy atom. The van der Waals surface area contributed by atoms with Gasteiger partial charge in [-0.15, -0.1) is 0 Å². The molecule has 1 heterocycles. The molecule has 2 aromatic rings. The van der Waals surface area contributed by atoms with Crippen molar-refractivity contribution >= 4 is 5.96 Å². The zero-order valence-corrected chi connectivity index (χ0v) is 13.3. The standard InChI is InChI=1S/C16H23N5O/c1-13-10-20-21(12-13)9-8-18-16(17-2)19-11-14-4-6-15(22-3)7-5-14/h4-7,10,12H,8-9,11H2,1-3H3,(H2,17,18,19). The fraction of sp³-hybridized carbons (Fsp3) is 0.375. The molecule has 0 spiro atoms.